The molecular formula is C13H25N3O5S. The van der Waals surface area contributed by atoms with Gasteiger partial charge in [-0.25, -0.2) is 17.5 Å². The van der Waals surface area contributed by atoms with Crippen molar-refractivity contribution in [2.75, 3.05) is 39.0 Å². The highest BCUT2D eigenvalue weighted by Gasteiger charge is 2.42. The highest BCUT2D eigenvalue weighted by atomic mass is 32.2. The number of nitrogens with zero attached hydrogens (tertiary/aromatic N) is 2. The maximum absolute atomic E-state index is 11.9. The van der Waals surface area contributed by atoms with Crippen LogP contribution < -0.4 is 5.32 Å². The fourth-order valence-corrected chi connectivity index (χ4v) is 3.13. The molecule has 0 aromatic rings. The molecule has 128 valence electrons. The van der Waals surface area contributed by atoms with Crippen LogP contribution in [0.4, 0.5) is 4.79 Å². The molecule has 1 saturated heterocycles. The average Bonchev–Trinajstić information content (AvgIpc) is 2.87. The highest BCUT2D eigenvalue weighted by molar-refractivity contribution is 7.89. The maximum atomic E-state index is 11.9. The van der Waals surface area contributed by atoms with Crippen molar-refractivity contribution in [1.29, 1.82) is 0 Å². The van der Waals surface area contributed by atoms with Crippen molar-refractivity contribution >= 4 is 22.0 Å². The van der Waals surface area contributed by atoms with Gasteiger partial charge in [-0.15, -0.1) is 0 Å². The lowest BCUT2D eigenvalue weighted by atomic mass is 9.90. The molecule has 0 radical (unpaired) electrons. The van der Waals surface area contributed by atoms with Gasteiger partial charge in [0.2, 0.25) is 10.0 Å². The third-order valence-corrected chi connectivity index (χ3v) is 5.90. The van der Waals surface area contributed by atoms with Crippen molar-refractivity contribution in [1.82, 2.24) is 14.5 Å². The fourth-order valence-electron chi connectivity index (χ4n) is 2.28. The van der Waals surface area contributed by atoms with Crippen LogP contribution in [0.5, 0.6) is 0 Å². The highest BCUT2D eigenvalue weighted by Crippen LogP contribution is 2.29. The summed E-state index contributed by atoms with van der Waals surface area (Å²) in [4.78, 5) is 24.6. The van der Waals surface area contributed by atoms with Crippen LogP contribution in [0.3, 0.4) is 0 Å². The molecule has 0 aromatic heterocycles. The van der Waals surface area contributed by atoms with Crippen LogP contribution in [0.15, 0.2) is 0 Å². The van der Waals surface area contributed by atoms with Crippen molar-refractivity contribution in [2.24, 2.45) is 5.41 Å². The largest absolute Gasteiger partial charge is 0.481 e. The van der Waals surface area contributed by atoms with E-state index in [4.69, 9.17) is 5.11 Å². The zero-order valence-electron chi connectivity index (χ0n) is 13.3. The Morgan fingerprint density at radius 1 is 1.41 bits per heavy atom. The molecule has 1 heterocycles. The summed E-state index contributed by atoms with van der Waals surface area (Å²) < 4.78 is 24.4. The summed E-state index contributed by atoms with van der Waals surface area (Å²) in [5.74, 6) is -0.841. The first kappa shape index (κ1) is 18.7. The molecule has 0 aromatic carbocycles. The number of carboxylic acids is 1. The topological polar surface area (TPSA) is 107 Å². The molecule has 0 spiro atoms. The second-order valence-corrected chi connectivity index (χ2v) is 8.21. The van der Waals surface area contributed by atoms with Gasteiger partial charge in [0.15, 0.2) is 0 Å². The van der Waals surface area contributed by atoms with Crippen molar-refractivity contribution in [2.45, 2.75) is 26.7 Å². The minimum atomic E-state index is -3.19. The van der Waals surface area contributed by atoms with E-state index in [0.29, 0.717) is 32.5 Å². The van der Waals surface area contributed by atoms with Gasteiger partial charge < -0.3 is 15.3 Å². The molecule has 0 saturated carbocycles. The lowest BCUT2D eigenvalue weighted by Crippen LogP contribution is -2.41. The molecule has 1 aliphatic heterocycles. The van der Waals surface area contributed by atoms with Crippen LogP contribution in [0.1, 0.15) is 26.7 Å². The summed E-state index contributed by atoms with van der Waals surface area (Å²) in [5, 5.41) is 11.8. The third-order valence-electron chi connectivity index (χ3n) is 4.04. The Morgan fingerprint density at radius 3 is 2.55 bits per heavy atom. The van der Waals surface area contributed by atoms with E-state index in [1.165, 1.54) is 16.3 Å². The van der Waals surface area contributed by atoms with Gasteiger partial charge in [0, 0.05) is 33.2 Å². The number of sulfonamides is 1. The number of hydrogen-bond acceptors (Lipinski definition) is 4. The van der Waals surface area contributed by atoms with Gasteiger partial charge in [-0.2, -0.15) is 0 Å². The quantitative estimate of drug-likeness (QED) is 0.645. The predicted octanol–water partition coefficient (Wildman–Crippen LogP) is 0.164. The number of aliphatic carboxylic acids is 1. The van der Waals surface area contributed by atoms with Crippen LogP contribution in [-0.4, -0.2) is 73.7 Å². The van der Waals surface area contributed by atoms with Gasteiger partial charge in [-0.1, -0.05) is 0 Å². The van der Waals surface area contributed by atoms with Crippen LogP contribution in [0.25, 0.3) is 0 Å². The van der Waals surface area contributed by atoms with Gasteiger partial charge >= 0.3 is 12.0 Å². The van der Waals surface area contributed by atoms with E-state index in [2.05, 4.69) is 5.32 Å². The van der Waals surface area contributed by atoms with Crippen LogP contribution in [0, 0.1) is 5.41 Å². The van der Waals surface area contributed by atoms with Crippen LogP contribution in [-0.2, 0) is 14.8 Å². The SMILES string of the molecule is CCS(=O)(=O)N(C)CCCNC(=O)N1CCC(C)(C(=O)O)C1. The maximum Gasteiger partial charge on any atom is 0.317 e. The van der Waals surface area contributed by atoms with Gasteiger partial charge in [-0.05, 0) is 26.7 Å². The Balaban J connectivity index is 2.32. The Bertz CT molecular complexity index is 522. The Kier molecular flexibility index (Phi) is 6.18. The van der Waals surface area contributed by atoms with E-state index in [1.807, 2.05) is 0 Å². The molecule has 1 aliphatic rings. The number of rotatable bonds is 7. The second kappa shape index (κ2) is 7.28. The molecule has 2 N–H and O–H groups in total. The van der Waals surface area contributed by atoms with Gasteiger partial charge in [0.05, 0.1) is 11.2 Å². The first-order valence-electron chi connectivity index (χ1n) is 7.32. The van der Waals surface area contributed by atoms with E-state index in [9.17, 15) is 18.0 Å². The minimum Gasteiger partial charge on any atom is -0.481 e. The van der Waals surface area contributed by atoms with Crippen molar-refractivity contribution in [3.8, 4) is 0 Å². The zero-order valence-corrected chi connectivity index (χ0v) is 14.1. The van der Waals surface area contributed by atoms with E-state index in [0.717, 1.165) is 0 Å². The standard InChI is InChI=1S/C13H25N3O5S/c1-4-22(20,21)15(3)8-5-7-14-12(19)16-9-6-13(2,10-16)11(17)18/h4-10H2,1-3H3,(H,14,19)(H,17,18). The lowest BCUT2D eigenvalue weighted by molar-refractivity contribution is -0.147. The van der Waals surface area contributed by atoms with Crippen molar-refractivity contribution in [3.63, 3.8) is 0 Å². The molecule has 0 bridgehead atoms. The number of nitrogens with one attached hydrogen (secondary N) is 1. The first-order chi connectivity index (χ1) is 10.1. The van der Waals surface area contributed by atoms with Crippen molar-refractivity contribution in [3.05, 3.63) is 0 Å². The number of amides is 2. The molecule has 8 nitrogen and oxygen atoms in total. The molecule has 9 heteroatoms. The molecule has 1 atom stereocenters. The monoisotopic (exact) mass is 335 g/mol. The van der Waals surface area contributed by atoms with Crippen molar-refractivity contribution < 1.29 is 23.1 Å². The number of carbonyl (C=O) groups excluding carboxylic acids is 1. The van der Waals surface area contributed by atoms with E-state index >= 15 is 0 Å². The Morgan fingerprint density at radius 2 is 2.05 bits per heavy atom. The molecular weight excluding hydrogens is 310 g/mol. The normalized spacial score (nSPS) is 22.1. The fraction of sp³-hybridized carbons (Fsp3) is 0.846. The molecule has 22 heavy (non-hydrogen) atoms. The molecule has 1 unspecified atom stereocenters. The number of urea groups is 1. The first-order valence-corrected chi connectivity index (χ1v) is 8.93. The Hall–Kier alpha value is -1.35. The number of hydrogen-bond donors (Lipinski definition) is 2. The average molecular weight is 335 g/mol. The Labute approximate surface area is 131 Å². The van der Waals surface area contributed by atoms with Crippen LogP contribution in [0.2, 0.25) is 0 Å². The molecule has 1 rings (SSSR count). The van der Waals surface area contributed by atoms with Crippen LogP contribution >= 0.6 is 0 Å². The predicted molar refractivity (Wildman–Crippen MR) is 82.0 cm³/mol. The summed E-state index contributed by atoms with van der Waals surface area (Å²) in [6, 6.07) is -0.300. The minimum absolute atomic E-state index is 0.0530. The molecule has 0 aliphatic carbocycles. The van der Waals surface area contributed by atoms with Gasteiger partial charge in [0.1, 0.15) is 0 Å². The third kappa shape index (κ3) is 4.57. The summed E-state index contributed by atoms with van der Waals surface area (Å²) in [5.41, 5.74) is -0.882. The summed E-state index contributed by atoms with van der Waals surface area (Å²) in [7, 11) is -1.68. The molecule has 2 amide bonds. The lowest BCUT2D eigenvalue weighted by Gasteiger charge is -2.21. The summed E-state index contributed by atoms with van der Waals surface area (Å²) >= 11 is 0. The number of likely N-dealkylation sites (tertiary alicyclic amines) is 1. The molecule has 1 fully saturated rings. The zero-order chi connectivity index (χ0) is 17.0. The summed E-state index contributed by atoms with van der Waals surface area (Å²) in [6.07, 6.45) is 0.943. The summed E-state index contributed by atoms with van der Waals surface area (Å²) in [6.45, 7) is 4.51. The smallest absolute Gasteiger partial charge is 0.317 e. The van der Waals surface area contributed by atoms with E-state index in [1.54, 1.807) is 13.8 Å². The number of carbonyl (C=O) groups is 2. The van der Waals surface area contributed by atoms with Gasteiger partial charge in [0.25, 0.3) is 0 Å². The van der Waals surface area contributed by atoms with E-state index < -0.39 is 21.4 Å². The number of carboxylic acid groups (broad SMARTS) is 1. The van der Waals surface area contributed by atoms with E-state index in [-0.39, 0.29) is 18.3 Å². The second-order valence-electron chi connectivity index (χ2n) is 5.84. The van der Waals surface area contributed by atoms with Gasteiger partial charge in [-0.3, -0.25) is 4.79 Å².